The number of hydrogen-bond donors (Lipinski definition) is 3. The van der Waals surface area contributed by atoms with Gasteiger partial charge in [-0.1, -0.05) is 12.1 Å². The first-order valence-electron chi connectivity index (χ1n) is 5.75. The number of hydrogen-bond acceptors (Lipinski definition) is 2. The van der Waals surface area contributed by atoms with Gasteiger partial charge in [0.1, 0.15) is 0 Å². The van der Waals surface area contributed by atoms with E-state index in [0.29, 0.717) is 18.7 Å². The van der Waals surface area contributed by atoms with Crippen LogP contribution in [0.2, 0.25) is 0 Å². The van der Waals surface area contributed by atoms with Crippen molar-refractivity contribution in [2.24, 2.45) is 5.92 Å². The van der Waals surface area contributed by atoms with Gasteiger partial charge in [-0.2, -0.15) is 13.2 Å². The normalized spacial score (nSPS) is 17.6. The molecule has 1 saturated heterocycles. The maximum atomic E-state index is 12.6. The molecule has 0 saturated carbocycles. The molecule has 4 nitrogen and oxygen atoms in total. The highest BCUT2D eigenvalue weighted by molar-refractivity contribution is 5.65. The van der Waals surface area contributed by atoms with E-state index in [2.05, 4.69) is 10.6 Å². The minimum atomic E-state index is -4.43. The van der Waals surface area contributed by atoms with Crippen LogP contribution in [0.3, 0.4) is 0 Å². The summed E-state index contributed by atoms with van der Waals surface area (Å²) in [6.07, 6.45) is -5.67. The third kappa shape index (κ3) is 3.17. The number of alkyl halides is 3. The lowest BCUT2D eigenvalue weighted by molar-refractivity contribution is -0.137. The molecule has 1 unspecified atom stereocenters. The summed E-state index contributed by atoms with van der Waals surface area (Å²) in [4.78, 5) is 10.8. The zero-order valence-corrected chi connectivity index (χ0v) is 9.87. The van der Waals surface area contributed by atoms with Crippen LogP contribution in [0.5, 0.6) is 0 Å². The molecule has 1 atom stereocenters. The molecule has 1 aromatic rings. The van der Waals surface area contributed by atoms with Gasteiger partial charge in [0.15, 0.2) is 0 Å². The van der Waals surface area contributed by atoms with Gasteiger partial charge in [0.2, 0.25) is 0 Å². The Morgan fingerprint density at radius 3 is 2.58 bits per heavy atom. The van der Waals surface area contributed by atoms with Crippen molar-refractivity contribution < 1.29 is 23.1 Å². The number of rotatable bonds is 3. The third-order valence-electron chi connectivity index (χ3n) is 3.14. The van der Waals surface area contributed by atoms with Gasteiger partial charge in [-0.25, -0.2) is 4.79 Å². The summed E-state index contributed by atoms with van der Waals surface area (Å²) >= 11 is 0. The lowest BCUT2D eigenvalue weighted by Gasteiger charge is -2.35. The quantitative estimate of drug-likeness (QED) is 0.792. The van der Waals surface area contributed by atoms with Gasteiger partial charge in [-0.15, -0.1) is 0 Å². The molecule has 0 aliphatic carbocycles. The number of halogens is 3. The lowest BCUT2D eigenvalue weighted by Crippen LogP contribution is -2.49. The fraction of sp³-hybridized carbons (Fsp3) is 0.417. The summed E-state index contributed by atoms with van der Waals surface area (Å²) in [5.74, 6) is -0.0282. The monoisotopic (exact) mass is 274 g/mol. The van der Waals surface area contributed by atoms with Crippen molar-refractivity contribution in [3.05, 3.63) is 35.4 Å². The second kappa shape index (κ2) is 5.08. The van der Waals surface area contributed by atoms with Crippen LogP contribution in [0.1, 0.15) is 17.2 Å². The van der Waals surface area contributed by atoms with Crippen molar-refractivity contribution in [2.45, 2.75) is 12.2 Å². The number of benzene rings is 1. The fourth-order valence-corrected chi connectivity index (χ4v) is 2.06. The van der Waals surface area contributed by atoms with Crippen molar-refractivity contribution in [2.75, 3.05) is 13.1 Å². The summed E-state index contributed by atoms with van der Waals surface area (Å²) < 4.78 is 37.9. The van der Waals surface area contributed by atoms with Crippen LogP contribution in [-0.4, -0.2) is 24.3 Å². The van der Waals surface area contributed by atoms with E-state index in [1.54, 1.807) is 0 Å². The van der Waals surface area contributed by atoms with Gasteiger partial charge < -0.3 is 15.7 Å². The number of amides is 1. The van der Waals surface area contributed by atoms with Crippen LogP contribution < -0.4 is 10.6 Å². The smallest absolute Gasteiger partial charge is 0.416 e. The van der Waals surface area contributed by atoms with Crippen LogP contribution in [0, 0.1) is 5.92 Å². The molecule has 7 heteroatoms. The van der Waals surface area contributed by atoms with Crippen molar-refractivity contribution in [1.82, 2.24) is 10.6 Å². The summed E-state index contributed by atoms with van der Waals surface area (Å²) in [6, 6.07) is 4.15. The molecule has 0 radical (unpaired) electrons. The predicted molar refractivity (Wildman–Crippen MR) is 61.7 cm³/mol. The average molecular weight is 274 g/mol. The van der Waals surface area contributed by atoms with E-state index in [1.807, 2.05) is 0 Å². The second-order valence-electron chi connectivity index (χ2n) is 4.47. The minimum absolute atomic E-state index is 0.0282. The highest BCUT2D eigenvalue weighted by Gasteiger charge is 2.33. The van der Waals surface area contributed by atoms with Crippen LogP contribution >= 0.6 is 0 Å². The summed E-state index contributed by atoms with van der Waals surface area (Å²) in [5, 5.41) is 14.0. The molecule has 1 aromatic carbocycles. The first-order valence-corrected chi connectivity index (χ1v) is 5.75. The van der Waals surface area contributed by atoms with Gasteiger partial charge in [0.05, 0.1) is 11.6 Å². The van der Waals surface area contributed by atoms with Gasteiger partial charge >= 0.3 is 12.3 Å². The molecule has 0 spiro atoms. The van der Waals surface area contributed by atoms with E-state index in [-0.39, 0.29) is 5.92 Å². The fourth-order valence-electron chi connectivity index (χ4n) is 2.06. The van der Waals surface area contributed by atoms with Crippen LogP contribution in [-0.2, 0) is 6.18 Å². The largest absolute Gasteiger partial charge is 0.465 e. The van der Waals surface area contributed by atoms with E-state index < -0.39 is 23.9 Å². The summed E-state index contributed by atoms with van der Waals surface area (Å²) in [6.45, 7) is 1.17. The maximum Gasteiger partial charge on any atom is 0.416 e. The molecule has 0 aromatic heterocycles. The molecule has 1 aliphatic rings. The molecule has 0 bridgehead atoms. The van der Waals surface area contributed by atoms with E-state index in [1.165, 1.54) is 12.1 Å². The molecule has 3 N–H and O–H groups in total. The van der Waals surface area contributed by atoms with Gasteiger partial charge in [-0.3, -0.25) is 0 Å². The highest BCUT2D eigenvalue weighted by atomic mass is 19.4. The van der Waals surface area contributed by atoms with Crippen molar-refractivity contribution >= 4 is 6.09 Å². The Hall–Kier alpha value is -1.76. The average Bonchev–Trinajstić information content (AvgIpc) is 2.24. The van der Waals surface area contributed by atoms with Crippen LogP contribution in [0.15, 0.2) is 24.3 Å². The Bertz CT molecular complexity index is 472. The predicted octanol–water partition coefficient (Wildman–Crippen LogP) is 2.23. The number of carbonyl (C=O) groups is 1. The number of nitrogens with one attached hydrogen (secondary N) is 2. The molecular formula is C12H13F3N2O2. The molecule has 1 amide bonds. The van der Waals surface area contributed by atoms with E-state index >= 15 is 0 Å². The van der Waals surface area contributed by atoms with E-state index in [4.69, 9.17) is 5.11 Å². The first kappa shape index (κ1) is 13.7. The van der Waals surface area contributed by atoms with Gasteiger partial charge in [0, 0.05) is 19.0 Å². The topological polar surface area (TPSA) is 61.4 Å². The molecule has 104 valence electrons. The zero-order chi connectivity index (χ0) is 14.0. The molecular weight excluding hydrogens is 261 g/mol. The molecule has 1 fully saturated rings. The summed E-state index contributed by atoms with van der Waals surface area (Å²) in [7, 11) is 0. The van der Waals surface area contributed by atoms with Crippen LogP contribution in [0.4, 0.5) is 18.0 Å². The Balaban J connectivity index is 2.28. The molecule has 1 heterocycles. The standard InChI is InChI=1S/C12H13F3N2O2/c13-12(14,15)9-3-1-2-7(4-9)10(17-11(18)19)8-5-16-6-8/h1-4,8,10,16-17H,5-6H2,(H,18,19). The maximum absolute atomic E-state index is 12.6. The Morgan fingerprint density at radius 2 is 2.11 bits per heavy atom. The Labute approximate surface area is 107 Å². The van der Waals surface area contributed by atoms with E-state index in [9.17, 15) is 18.0 Å². The molecule has 19 heavy (non-hydrogen) atoms. The zero-order valence-electron chi connectivity index (χ0n) is 9.87. The SMILES string of the molecule is O=C(O)NC(c1cccc(C(F)(F)F)c1)C1CNC1. The highest BCUT2D eigenvalue weighted by Crippen LogP contribution is 2.32. The van der Waals surface area contributed by atoms with Crippen molar-refractivity contribution in [3.8, 4) is 0 Å². The van der Waals surface area contributed by atoms with E-state index in [0.717, 1.165) is 12.1 Å². The molecule has 2 rings (SSSR count). The minimum Gasteiger partial charge on any atom is -0.465 e. The van der Waals surface area contributed by atoms with Crippen molar-refractivity contribution in [3.63, 3.8) is 0 Å². The van der Waals surface area contributed by atoms with Crippen LogP contribution in [0.25, 0.3) is 0 Å². The Morgan fingerprint density at radius 1 is 1.42 bits per heavy atom. The lowest BCUT2D eigenvalue weighted by atomic mass is 9.88. The van der Waals surface area contributed by atoms with Gasteiger partial charge in [0.25, 0.3) is 0 Å². The second-order valence-corrected chi connectivity index (χ2v) is 4.47. The Kier molecular flexibility index (Phi) is 3.66. The summed E-state index contributed by atoms with van der Waals surface area (Å²) in [5.41, 5.74) is -0.432. The van der Waals surface area contributed by atoms with Gasteiger partial charge in [-0.05, 0) is 17.7 Å². The molecule has 1 aliphatic heterocycles. The van der Waals surface area contributed by atoms with Crippen molar-refractivity contribution in [1.29, 1.82) is 0 Å². The number of carboxylic acid groups (broad SMARTS) is 1. The third-order valence-corrected chi connectivity index (χ3v) is 3.14. The first-order chi connectivity index (χ1) is 8.88.